The van der Waals surface area contributed by atoms with Crippen LogP contribution in [0.4, 0.5) is 0 Å². The lowest BCUT2D eigenvalue weighted by molar-refractivity contribution is 0.0600. The van der Waals surface area contributed by atoms with E-state index in [1.54, 1.807) is 12.1 Å². The molecule has 4 aromatic rings. The molecular formula is C21H19N3O3. The van der Waals surface area contributed by atoms with Crippen molar-refractivity contribution in [1.82, 2.24) is 14.8 Å². The van der Waals surface area contributed by atoms with E-state index in [1.165, 1.54) is 7.11 Å². The average molecular weight is 361 g/mol. The molecule has 2 aromatic carbocycles. The van der Waals surface area contributed by atoms with Crippen molar-refractivity contribution in [3.63, 3.8) is 0 Å². The van der Waals surface area contributed by atoms with Crippen molar-refractivity contribution < 1.29 is 13.9 Å². The maximum Gasteiger partial charge on any atom is 0.337 e. The number of hydrogen-bond acceptors (Lipinski definition) is 5. The molecule has 27 heavy (non-hydrogen) atoms. The van der Waals surface area contributed by atoms with Crippen LogP contribution in [0.2, 0.25) is 0 Å². The summed E-state index contributed by atoms with van der Waals surface area (Å²) in [7, 11) is 1.38. The number of benzene rings is 2. The smallest absolute Gasteiger partial charge is 0.337 e. The van der Waals surface area contributed by atoms with Crippen molar-refractivity contribution in [2.24, 2.45) is 0 Å². The van der Waals surface area contributed by atoms with E-state index in [2.05, 4.69) is 33.0 Å². The van der Waals surface area contributed by atoms with Crippen LogP contribution in [-0.4, -0.2) is 27.8 Å². The molecule has 0 radical (unpaired) electrons. The highest BCUT2D eigenvalue weighted by molar-refractivity contribution is 5.89. The third-order valence-corrected chi connectivity index (χ3v) is 4.51. The minimum absolute atomic E-state index is 0.341. The lowest BCUT2D eigenvalue weighted by Crippen LogP contribution is -2.04. The first kappa shape index (κ1) is 17.0. The number of hydrogen-bond donors (Lipinski definition) is 0. The molecule has 4 rings (SSSR count). The number of methoxy groups -OCH3 is 1. The number of esters is 1. The average Bonchev–Trinajstić information content (AvgIpc) is 3.33. The summed E-state index contributed by atoms with van der Waals surface area (Å²) < 4.78 is 12.7. The zero-order valence-electron chi connectivity index (χ0n) is 15.2. The van der Waals surface area contributed by atoms with Gasteiger partial charge in [0.2, 0.25) is 5.89 Å². The summed E-state index contributed by atoms with van der Waals surface area (Å²) in [4.78, 5) is 11.6. The second kappa shape index (κ2) is 7.07. The second-order valence-corrected chi connectivity index (χ2v) is 6.22. The molecule has 0 amide bonds. The number of ether oxygens (including phenoxy) is 1. The number of nitrogens with zero attached hydrogens (tertiary/aromatic N) is 3. The fraction of sp³-hybridized carbons (Fsp3) is 0.190. The Morgan fingerprint density at radius 2 is 1.89 bits per heavy atom. The third kappa shape index (κ3) is 3.21. The zero-order valence-corrected chi connectivity index (χ0v) is 15.2. The Bertz CT molecular complexity index is 1090. The van der Waals surface area contributed by atoms with Crippen molar-refractivity contribution >= 4 is 16.9 Å². The van der Waals surface area contributed by atoms with E-state index >= 15 is 0 Å². The Kier molecular flexibility index (Phi) is 4.46. The van der Waals surface area contributed by atoms with Crippen LogP contribution in [0.1, 0.15) is 28.7 Å². The number of rotatable bonds is 5. The summed E-state index contributed by atoms with van der Waals surface area (Å²) in [5, 5.41) is 9.40. The summed E-state index contributed by atoms with van der Waals surface area (Å²) in [5.74, 6) is 0.782. The van der Waals surface area contributed by atoms with Gasteiger partial charge in [-0.3, -0.25) is 0 Å². The molecule has 0 saturated carbocycles. The molecular weight excluding hydrogens is 342 g/mol. The highest BCUT2D eigenvalue weighted by Gasteiger charge is 2.16. The van der Waals surface area contributed by atoms with Gasteiger partial charge in [-0.25, -0.2) is 4.79 Å². The van der Waals surface area contributed by atoms with Crippen LogP contribution >= 0.6 is 0 Å². The van der Waals surface area contributed by atoms with Gasteiger partial charge in [-0.05, 0) is 29.8 Å². The van der Waals surface area contributed by atoms with Crippen LogP contribution < -0.4 is 0 Å². The van der Waals surface area contributed by atoms with Gasteiger partial charge in [0.05, 0.1) is 12.7 Å². The van der Waals surface area contributed by atoms with E-state index in [9.17, 15) is 4.79 Å². The van der Waals surface area contributed by atoms with Crippen molar-refractivity contribution in [2.75, 3.05) is 7.11 Å². The summed E-state index contributed by atoms with van der Waals surface area (Å²) in [6, 6.07) is 17.6. The molecule has 0 N–H and O–H groups in total. The normalized spacial score (nSPS) is 11.0. The first-order chi connectivity index (χ1) is 13.2. The summed E-state index contributed by atoms with van der Waals surface area (Å²) in [6.07, 6.45) is 0.697. The molecule has 0 aliphatic carbocycles. The molecule has 136 valence electrons. The van der Waals surface area contributed by atoms with Crippen LogP contribution in [0.25, 0.3) is 22.5 Å². The van der Waals surface area contributed by atoms with Crippen LogP contribution in [-0.2, 0) is 17.7 Å². The topological polar surface area (TPSA) is 70.2 Å². The predicted molar refractivity (Wildman–Crippen MR) is 101 cm³/mol. The first-order valence-electron chi connectivity index (χ1n) is 8.78. The minimum Gasteiger partial charge on any atom is -0.465 e. The van der Waals surface area contributed by atoms with E-state index in [1.807, 2.05) is 31.2 Å². The summed E-state index contributed by atoms with van der Waals surface area (Å²) >= 11 is 0. The molecule has 2 aromatic heterocycles. The fourth-order valence-corrected chi connectivity index (χ4v) is 3.10. The van der Waals surface area contributed by atoms with Gasteiger partial charge < -0.3 is 13.7 Å². The van der Waals surface area contributed by atoms with Gasteiger partial charge in [0.1, 0.15) is 5.69 Å². The monoisotopic (exact) mass is 361 g/mol. The number of para-hydroxylation sites is 1. The third-order valence-electron chi connectivity index (χ3n) is 4.51. The van der Waals surface area contributed by atoms with Gasteiger partial charge in [-0.15, -0.1) is 10.2 Å². The second-order valence-electron chi connectivity index (χ2n) is 6.22. The van der Waals surface area contributed by atoms with Gasteiger partial charge >= 0.3 is 5.97 Å². The lowest BCUT2D eigenvalue weighted by atomic mass is 10.1. The van der Waals surface area contributed by atoms with Crippen LogP contribution in [0.5, 0.6) is 0 Å². The van der Waals surface area contributed by atoms with E-state index in [-0.39, 0.29) is 5.97 Å². The predicted octanol–water partition coefficient (Wildman–Crippen LogP) is 4.09. The molecule has 0 aliphatic heterocycles. The van der Waals surface area contributed by atoms with Crippen LogP contribution in [0, 0.1) is 0 Å². The zero-order chi connectivity index (χ0) is 18.8. The quantitative estimate of drug-likeness (QED) is 0.501. The molecule has 6 heteroatoms. The Hall–Kier alpha value is -3.41. The maximum absolute atomic E-state index is 11.6. The Morgan fingerprint density at radius 3 is 2.59 bits per heavy atom. The van der Waals surface area contributed by atoms with Gasteiger partial charge in [0.25, 0.3) is 5.89 Å². The standard InChI is InChI=1S/C21H19N3O3/c1-3-19-22-23-20(27-19)18-12-16-6-4-5-7-17(16)24(18)13-14-8-10-15(11-9-14)21(25)26-2/h4-12H,3,13H2,1-2H3. The van der Waals surface area contributed by atoms with Gasteiger partial charge in [-0.1, -0.05) is 37.3 Å². The highest BCUT2D eigenvalue weighted by atomic mass is 16.5. The van der Waals surface area contributed by atoms with E-state index in [0.717, 1.165) is 22.2 Å². The van der Waals surface area contributed by atoms with E-state index < -0.39 is 0 Å². The molecule has 0 aliphatic rings. The van der Waals surface area contributed by atoms with Crippen molar-refractivity contribution in [1.29, 1.82) is 0 Å². The molecule has 6 nitrogen and oxygen atoms in total. The minimum atomic E-state index is -0.341. The number of aryl methyl sites for hydroxylation is 1. The Morgan fingerprint density at radius 1 is 1.11 bits per heavy atom. The molecule has 0 unspecified atom stereocenters. The highest BCUT2D eigenvalue weighted by Crippen LogP contribution is 2.28. The van der Waals surface area contributed by atoms with Gasteiger partial charge in [0.15, 0.2) is 0 Å². The summed E-state index contributed by atoms with van der Waals surface area (Å²) in [6.45, 7) is 2.60. The van der Waals surface area contributed by atoms with Gasteiger partial charge in [-0.2, -0.15) is 0 Å². The van der Waals surface area contributed by atoms with E-state index in [4.69, 9.17) is 9.15 Å². The molecule has 0 atom stereocenters. The SMILES string of the molecule is CCc1nnc(-c2cc3ccccc3n2Cc2ccc(C(=O)OC)cc2)o1. The maximum atomic E-state index is 11.6. The number of fused-ring (bicyclic) bond motifs is 1. The molecule has 0 spiro atoms. The number of aromatic nitrogens is 3. The van der Waals surface area contributed by atoms with E-state index in [0.29, 0.717) is 30.3 Å². The van der Waals surface area contributed by atoms with Crippen molar-refractivity contribution in [2.45, 2.75) is 19.9 Å². The van der Waals surface area contributed by atoms with Crippen molar-refractivity contribution in [3.05, 3.63) is 71.6 Å². The lowest BCUT2D eigenvalue weighted by Gasteiger charge is -2.09. The van der Waals surface area contributed by atoms with Crippen LogP contribution in [0.15, 0.2) is 59.0 Å². The van der Waals surface area contributed by atoms with Crippen molar-refractivity contribution in [3.8, 4) is 11.6 Å². The largest absolute Gasteiger partial charge is 0.465 e. The Labute approximate surface area is 156 Å². The fourth-order valence-electron chi connectivity index (χ4n) is 3.10. The summed E-state index contributed by atoms with van der Waals surface area (Å²) in [5.41, 5.74) is 3.55. The van der Waals surface area contributed by atoms with Crippen LogP contribution in [0.3, 0.4) is 0 Å². The molecule has 2 heterocycles. The Balaban J connectivity index is 1.75. The molecule has 0 bridgehead atoms. The number of carbonyl (C=O) groups excluding carboxylic acids is 1. The first-order valence-corrected chi connectivity index (χ1v) is 8.78. The number of carbonyl (C=O) groups is 1. The van der Waals surface area contributed by atoms with Gasteiger partial charge in [0, 0.05) is 23.9 Å². The molecule has 0 saturated heterocycles. The molecule has 0 fully saturated rings.